The number of hydrogen-bond donors (Lipinski definition) is 0. The van der Waals surface area contributed by atoms with Gasteiger partial charge < -0.3 is 0 Å². The molecule has 1 aromatic heterocycles. The summed E-state index contributed by atoms with van der Waals surface area (Å²) in [6, 6.07) is 9.67. The van der Waals surface area contributed by atoms with Crippen molar-refractivity contribution < 1.29 is 0 Å². The lowest BCUT2D eigenvalue weighted by Gasteiger charge is -2.05. The van der Waals surface area contributed by atoms with Gasteiger partial charge in [-0.05, 0) is 24.5 Å². The van der Waals surface area contributed by atoms with Gasteiger partial charge >= 0.3 is 0 Å². The van der Waals surface area contributed by atoms with Crippen LogP contribution in [0.1, 0.15) is 30.1 Å². The van der Waals surface area contributed by atoms with Gasteiger partial charge in [0.05, 0.1) is 0 Å². The summed E-state index contributed by atoms with van der Waals surface area (Å²) in [6.07, 6.45) is 2.35. The average molecular weight is 311 g/mol. The molecular formula is C14H12Cl2N2S. The first-order chi connectivity index (χ1) is 9.22. The van der Waals surface area contributed by atoms with Gasteiger partial charge in [-0.1, -0.05) is 41.4 Å². The third-order valence-electron chi connectivity index (χ3n) is 2.96. The van der Waals surface area contributed by atoms with Gasteiger partial charge in [0.2, 0.25) is 0 Å². The number of hydrogen-bond acceptors (Lipinski definition) is 3. The number of rotatable bonds is 4. The van der Waals surface area contributed by atoms with E-state index in [9.17, 15) is 0 Å². The largest absolute Gasteiger partial charge is 0.226 e. The SMILES string of the molecule is Clc1cc(SCc2ccccc2Cl)nc(C2CC2)n1. The smallest absolute Gasteiger partial charge is 0.134 e. The zero-order valence-corrected chi connectivity index (χ0v) is 12.5. The van der Waals surface area contributed by atoms with Crippen molar-refractivity contribution in [3.63, 3.8) is 0 Å². The van der Waals surface area contributed by atoms with Crippen LogP contribution in [0.25, 0.3) is 0 Å². The fraction of sp³-hybridized carbons (Fsp3) is 0.286. The van der Waals surface area contributed by atoms with Crippen LogP contribution in [0.2, 0.25) is 10.2 Å². The molecule has 3 rings (SSSR count). The minimum absolute atomic E-state index is 0.512. The molecule has 1 heterocycles. The molecule has 1 fully saturated rings. The molecular weight excluding hydrogens is 299 g/mol. The first-order valence-corrected chi connectivity index (χ1v) is 7.87. The quantitative estimate of drug-likeness (QED) is 0.590. The Morgan fingerprint density at radius 3 is 2.68 bits per heavy atom. The van der Waals surface area contributed by atoms with E-state index in [-0.39, 0.29) is 0 Å². The van der Waals surface area contributed by atoms with Crippen molar-refractivity contribution in [2.24, 2.45) is 0 Å². The van der Waals surface area contributed by atoms with Crippen molar-refractivity contribution in [3.8, 4) is 0 Å². The summed E-state index contributed by atoms with van der Waals surface area (Å²) in [6.45, 7) is 0. The molecule has 1 aliphatic carbocycles. The lowest BCUT2D eigenvalue weighted by molar-refractivity contribution is 0.878. The molecule has 0 amide bonds. The molecule has 0 radical (unpaired) electrons. The third-order valence-corrected chi connectivity index (χ3v) is 4.49. The van der Waals surface area contributed by atoms with E-state index in [1.165, 1.54) is 12.8 Å². The molecule has 1 saturated carbocycles. The molecule has 1 aliphatic rings. The monoisotopic (exact) mass is 310 g/mol. The Hall–Kier alpha value is -0.770. The second kappa shape index (κ2) is 5.70. The van der Waals surface area contributed by atoms with Crippen LogP contribution < -0.4 is 0 Å². The number of halogens is 2. The van der Waals surface area contributed by atoms with Crippen molar-refractivity contribution >= 4 is 35.0 Å². The minimum Gasteiger partial charge on any atom is -0.226 e. The van der Waals surface area contributed by atoms with Crippen molar-refractivity contribution in [2.75, 3.05) is 0 Å². The van der Waals surface area contributed by atoms with Crippen LogP contribution in [-0.4, -0.2) is 9.97 Å². The Morgan fingerprint density at radius 1 is 1.16 bits per heavy atom. The molecule has 98 valence electrons. The van der Waals surface area contributed by atoms with Crippen molar-refractivity contribution in [2.45, 2.75) is 29.5 Å². The fourth-order valence-corrected chi connectivity index (χ4v) is 3.22. The number of nitrogens with zero attached hydrogens (tertiary/aromatic N) is 2. The highest BCUT2D eigenvalue weighted by atomic mass is 35.5. The Labute approximate surface area is 126 Å². The predicted molar refractivity (Wildman–Crippen MR) is 80.0 cm³/mol. The van der Waals surface area contributed by atoms with Crippen LogP contribution in [0.15, 0.2) is 35.4 Å². The second-order valence-corrected chi connectivity index (χ2v) is 6.33. The molecule has 0 N–H and O–H groups in total. The molecule has 2 nitrogen and oxygen atoms in total. The predicted octanol–water partition coefficient (Wildman–Crippen LogP) is 4.95. The molecule has 1 aromatic carbocycles. The first-order valence-electron chi connectivity index (χ1n) is 6.13. The Bertz CT molecular complexity index is 600. The van der Waals surface area contributed by atoms with E-state index in [0.717, 1.165) is 27.2 Å². The van der Waals surface area contributed by atoms with Crippen LogP contribution >= 0.6 is 35.0 Å². The maximum Gasteiger partial charge on any atom is 0.134 e. The Morgan fingerprint density at radius 2 is 1.95 bits per heavy atom. The molecule has 0 bridgehead atoms. The van der Waals surface area contributed by atoms with Gasteiger partial charge in [-0.25, -0.2) is 9.97 Å². The number of aromatic nitrogens is 2. The number of benzene rings is 1. The zero-order valence-electron chi connectivity index (χ0n) is 10.1. The summed E-state index contributed by atoms with van der Waals surface area (Å²) in [4.78, 5) is 8.85. The third kappa shape index (κ3) is 3.41. The van der Waals surface area contributed by atoms with Crippen LogP contribution in [0.4, 0.5) is 0 Å². The first kappa shape index (κ1) is 13.2. The molecule has 0 aliphatic heterocycles. The van der Waals surface area contributed by atoms with Gasteiger partial charge in [0.1, 0.15) is 16.0 Å². The molecule has 2 aromatic rings. The summed E-state index contributed by atoms with van der Waals surface area (Å²) in [5.74, 6) is 2.18. The molecule has 0 unspecified atom stereocenters. The van der Waals surface area contributed by atoms with Crippen LogP contribution in [-0.2, 0) is 5.75 Å². The fourth-order valence-electron chi connectivity index (χ4n) is 1.78. The van der Waals surface area contributed by atoms with E-state index >= 15 is 0 Å². The lowest BCUT2D eigenvalue weighted by atomic mass is 10.2. The van der Waals surface area contributed by atoms with Gasteiger partial charge in [-0.2, -0.15) is 0 Å². The highest BCUT2D eigenvalue weighted by molar-refractivity contribution is 7.98. The van der Waals surface area contributed by atoms with E-state index in [1.807, 2.05) is 30.3 Å². The molecule has 19 heavy (non-hydrogen) atoms. The zero-order chi connectivity index (χ0) is 13.2. The topological polar surface area (TPSA) is 25.8 Å². The molecule has 0 spiro atoms. The van der Waals surface area contributed by atoms with Crippen molar-refractivity contribution in [3.05, 3.63) is 51.9 Å². The van der Waals surface area contributed by atoms with Gasteiger partial charge in [0, 0.05) is 22.8 Å². The summed E-state index contributed by atoms with van der Waals surface area (Å²) < 4.78 is 0. The average Bonchev–Trinajstić information content (AvgIpc) is 3.21. The van der Waals surface area contributed by atoms with E-state index in [1.54, 1.807) is 11.8 Å². The molecule has 0 saturated heterocycles. The molecule has 0 atom stereocenters. The van der Waals surface area contributed by atoms with Crippen molar-refractivity contribution in [1.29, 1.82) is 0 Å². The summed E-state index contributed by atoms with van der Waals surface area (Å²) >= 11 is 13.8. The van der Waals surface area contributed by atoms with E-state index < -0.39 is 0 Å². The second-order valence-electron chi connectivity index (χ2n) is 4.54. The standard InChI is InChI=1S/C14H12Cl2N2S/c15-11-4-2-1-3-10(11)8-19-13-7-12(16)17-14(18-13)9-5-6-9/h1-4,7,9H,5-6,8H2. The highest BCUT2D eigenvalue weighted by Crippen LogP contribution is 2.39. The maximum atomic E-state index is 6.14. The van der Waals surface area contributed by atoms with E-state index in [2.05, 4.69) is 9.97 Å². The Kier molecular flexibility index (Phi) is 3.96. The van der Waals surface area contributed by atoms with Gasteiger partial charge in [0.15, 0.2) is 0 Å². The summed E-state index contributed by atoms with van der Waals surface area (Å²) in [5, 5.41) is 2.23. The van der Waals surface area contributed by atoms with Crippen molar-refractivity contribution in [1.82, 2.24) is 9.97 Å². The van der Waals surface area contributed by atoms with Crippen LogP contribution in [0.3, 0.4) is 0 Å². The van der Waals surface area contributed by atoms with Crippen LogP contribution in [0.5, 0.6) is 0 Å². The highest BCUT2D eigenvalue weighted by Gasteiger charge is 2.27. The normalized spacial score (nSPS) is 14.6. The van der Waals surface area contributed by atoms with Gasteiger partial charge in [-0.3, -0.25) is 0 Å². The van der Waals surface area contributed by atoms with Gasteiger partial charge in [0.25, 0.3) is 0 Å². The molecule has 5 heteroatoms. The lowest BCUT2D eigenvalue weighted by Crippen LogP contribution is -1.94. The summed E-state index contributed by atoms with van der Waals surface area (Å²) in [7, 11) is 0. The maximum absolute atomic E-state index is 6.14. The van der Waals surface area contributed by atoms with E-state index in [4.69, 9.17) is 23.2 Å². The van der Waals surface area contributed by atoms with Crippen LogP contribution in [0, 0.1) is 0 Å². The Balaban J connectivity index is 1.74. The summed E-state index contributed by atoms with van der Waals surface area (Å²) in [5.41, 5.74) is 1.11. The minimum atomic E-state index is 0.512. The van der Waals surface area contributed by atoms with Gasteiger partial charge in [-0.15, -0.1) is 11.8 Å². The van der Waals surface area contributed by atoms with E-state index in [0.29, 0.717) is 11.1 Å². The number of thioether (sulfide) groups is 1.